The third-order valence-electron chi connectivity index (χ3n) is 3.85. The molecule has 1 heterocycles. The average molecular weight is 256 g/mol. The van der Waals surface area contributed by atoms with Gasteiger partial charge in [0.25, 0.3) is 5.91 Å². The van der Waals surface area contributed by atoms with E-state index in [1.165, 1.54) is 0 Å². The lowest BCUT2D eigenvalue weighted by molar-refractivity contribution is -0.123. The van der Waals surface area contributed by atoms with Gasteiger partial charge in [-0.05, 0) is 36.8 Å². The molecule has 3 rings (SSSR count). The first-order chi connectivity index (χ1) is 9.23. The number of benzene rings is 1. The number of rotatable bonds is 2. The molecule has 0 bridgehead atoms. The van der Waals surface area contributed by atoms with Crippen LogP contribution in [0.25, 0.3) is 0 Å². The molecule has 1 saturated heterocycles. The number of nitrogens with one attached hydrogen (secondary N) is 2. The molecular weight excluding hydrogens is 240 g/mol. The van der Waals surface area contributed by atoms with Crippen molar-refractivity contribution >= 4 is 11.9 Å². The summed E-state index contributed by atoms with van der Waals surface area (Å²) in [6.07, 6.45) is 6.12. The molecule has 1 fully saturated rings. The predicted octanol–water partition coefficient (Wildman–Crippen LogP) is 2.22. The van der Waals surface area contributed by atoms with Crippen LogP contribution in [0.5, 0.6) is 0 Å². The van der Waals surface area contributed by atoms with Crippen LogP contribution in [0.4, 0.5) is 4.79 Å². The van der Waals surface area contributed by atoms with E-state index in [1.807, 2.05) is 30.3 Å². The number of hydrogen-bond donors (Lipinski definition) is 2. The number of allylic oxidation sites excluding steroid dienone is 1. The van der Waals surface area contributed by atoms with Crippen LogP contribution >= 0.6 is 0 Å². The van der Waals surface area contributed by atoms with Gasteiger partial charge in [-0.15, -0.1) is 0 Å². The van der Waals surface area contributed by atoms with Crippen molar-refractivity contribution in [2.75, 3.05) is 0 Å². The summed E-state index contributed by atoms with van der Waals surface area (Å²) in [6, 6.07) is 9.04. The van der Waals surface area contributed by atoms with Crippen LogP contribution in [0.1, 0.15) is 31.2 Å². The quantitative estimate of drug-likeness (QED) is 0.629. The van der Waals surface area contributed by atoms with Crippen molar-refractivity contribution in [2.45, 2.75) is 31.2 Å². The van der Waals surface area contributed by atoms with Crippen LogP contribution in [0.2, 0.25) is 0 Å². The lowest BCUT2D eigenvalue weighted by atomic mass is 9.78. The zero-order valence-corrected chi connectivity index (χ0v) is 10.6. The Balaban J connectivity index is 2.13. The van der Waals surface area contributed by atoms with Gasteiger partial charge in [0.1, 0.15) is 0 Å². The number of hydrogen-bond acceptors (Lipinski definition) is 2. The van der Waals surface area contributed by atoms with E-state index in [-0.39, 0.29) is 5.91 Å². The molecule has 0 aromatic heterocycles. The SMILES string of the molecule is O=C1NC(=O)[C@](C2=CCCCC2)(c2ccccc2)N1. The van der Waals surface area contributed by atoms with E-state index in [1.54, 1.807) is 0 Å². The van der Waals surface area contributed by atoms with E-state index in [2.05, 4.69) is 16.7 Å². The van der Waals surface area contributed by atoms with Gasteiger partial charge >= 0.3 is 6.03 Å². The molecule has 4 nitrogen and oxygen atoms in total. The van der Waals surface area contributed by atoms with E-state index >= 15 is 0 Å². The maximum Gasteiger partial charge on any atom is 0.322 e. The second-order valence-electron chi connectivity index (χ2n) is 5.00. The normalized spacial score (nSPS) is 26.6. The Morgan fingerprint density at radius 3 is 2.42 bits per heavy atom. The van der Waals surface area contributed by atoms with Gasteiger partial charge in [0.05, 0.1) is 0 Å². The standard InChI is InChI=1S/C15H16N2O2/c18-13-15(17-14(19)16-13,11-7-3-1-4-8-11)12-9-5-2-6-10-12/h1,3-4,7-9H,2,5-6,10H2,(H2,16,17,18,19)/t15-/m1/s1. The molecule has 0 radical (unpaired) electrons. The fourth-order valence-electron chi connectivity index (χ4n) is 2.94. The maximum absolute atomic E-state index is 12.4. The van der Waals surface area contributed by atoms with Crippen molar-refractivity contribution in [3.8, 4) is 0 Å². The van der Waals surface area contributed by atoms with Crippen molar-refractivity contribution in [3.63, 3.8) is 0 Å². The van der Waals surface area contributed by atoms with Crippen LogP contribution < -0.4 is 10.6 Å². The predicted molar refractivity (Wildman–Crippen MR) is 71.3 cm³/mol. The van der Waals surface area contributed by atoms with E-state index in [9.17, 15) is 9.59 Å². The first-order valence-electron chi connectivity index (χ1n) is 6.62. The molecule has 0 spiro atoms. The first kappa shape index (κ1) is 12.0. The Bertz CT molecular complexity index is 551. The highest BCUT2D eigenvalue weighted by molar-refractivity contribution is 6.09. The van der Waals surface area contributed by atoms with Gasteiger partial charge < -0.3 is 5.32 Å². The molecule has 2 N–H and O–H groups in total. The maximum atomic E-state index is 12.4. The number of amides is 3. The molecule has 0 unspecified atom stereocenters. The summed E-state index contributed by atoms with van der Waals surface area (Å²) in [5.41, 5.74) is 0.832. The fraction of sp³-hybridized carbons (Fsp3) is 0.333. The molecule has 1 atom stereocenters. The molecular formula is C15H16N2O2. The van der Waals surface area contributed by atoms with Crippen molar-refractivity contribution in [1.82, 2.24) is 10.6 Å². The molecule has 1 aromatic rings. The Hall–Kier alpha value is -2.10. The van der Waals surface area contributed by atoms with E-state index in [0.717, 1.165) is 36.8 Å². The topological polar surface area (TPSA) is 58.2 Å². The second-order valence-corrected chi connectivity index (χ2v) is 5.00. The zero-order valence-electron chi connectivity index (χ0n) is 10.6. The average Bonchev–Trinajstić information content (AvgIpc) is 2.76. The summed E-state index contributed by atoms with van der Waals surface area (Å²) < 4.78 is 0. The minimum Gasteiger partial charge on any atom is -0.316 e. The van der Waals surface area contributed by atoms with E-state index in [4.69, 9.17) is 0 Å². The van der Waals surface area contributed by atoms with Crippen molar-refractivity contribution in [2.24, 2.45) is 0 Å². The van der Waals surface area contributed by atoms with Gasteiger partial charge in [-0.1, -0.05) is 36.4 Å². The highest BCUT2D eigenvalue weighted by Crippen LogP contribution is 2.37. The Morgan fingerprint density at radius 1 is 1.05 bits per heavy atom. The van der Waals surface area contributed by atoms with E-state index in [0.29, 0.717) is 0 Å². The third kappa shape index (κ3) is 1.84. The van der Waals surface area contributed by atoms with Crippen molar-refractivity contribution < 1.29 is 9.59 Å². The van der Waals surface area contributed by atoms with Gasteiger partial charge in [0, 0.05) is 0 Å². The summed E-state index contributed by atoms with van der Waals surface area (Å²) in [6.45, 7) is 0. The molecule has 98 valence electrons. The van der Waals surface area contributed by atoms with Crippen LogP contribution in [0.3, 0.4) is 0 Å². The highest BCUT2D eigenvalue weighted by atomic mass is 16.2. The van der Waals surface area contributed by atoms with Gasteiger partial charge in [-0.25, -0.2) is 4.79 Å². The van der Waals surface area contributed by atoms with Crippen LogP contribution in [0.15, 0.2) is 42.0 Å². The summed E-state index contributed by atoms with van der Waals surface area (Å²) in [5, 5.41) is 5.21. The largest absolute Gasteiger partial charge is 0.322 e. The minimum absolute atomic E-state index is 0.267. The van der Waals surface area contributed by atoms with Gasteiger partial charge in [-0.2, -0.15) is 0 Å². The Labute approximate surface area is 111 Å². The Kier molecular flexibility index (Phi) is 2.85. The summed E-state index contributed by atoms with van der Waals surface area (Å²) >= 11 is 0. The molecule has 0 saturated carbocycles. The Morgan fingerprint density at radius 2 is 1.84 bits per heavy atom. The third-order valence-corrected chi connectivity index (χ3v) is 3.85. The summed E-state index contributed by atoms with van der Waals surface area (Å²) in [4.78, 5) is 24.0. The fourth-order valence-corrected chi connectivity index (χ4v) is 2.94. The number of urea groups is 1. The lowest BCUT2D eigenvalue weighted by Crippen LogP contribution is -2.46. The van der Waals surface area contributed by atoms with Crippen LogP contribution in [-0.2, 0) is 10.3 Å². The molecule has 1 aliphatic carbocycles. The summed E-state index contributed by atoms with van der Waals surface area (Å²) in [7, 11) is 0. The molecule has 1 aliphatic heterocycles. The number of carbonyl (C=O) groups is 2. The smallest absolute Gasteiger partial charge is 0.316 e. The van der Waals surface area contributed by atoms with Gasteiger partial charge in [-0.3, -0.25) is 10.1 Å². The van der Waals surface area contributed by atoms with Crippen LogP contribution in [0, 0.1) is 0 Å². The zero-order chi connectivity index (χ0) is 13.3. The number of imide groups is 1. The van der Waals surface area contributed by atoms with E-state index < -0.39 is 11.6 Å². The second kappa shape index (κ2) is 4.53. The monoisotopic (exact) mass is 256 g/mol. The van der Waals surface area contributed by atoms with Gasteiger partial charge in [0.15, 0.2) is 5.54 Å². The molecule has 2 aliphatic rings. The minimum atomic E-state index is -1.00. The number of carbonyl (C=O) groups excluding carboxylic acids is 2. The molecule has 19 heavy (non-hydrogen) atoms. The molecule has 3 amide bonds. The highest BCUT2D eigenvalue weighted by Gasteiger charge is 2.50. The molecule has 1 aromatic carbocycles. The summed E-state index contributed by atoms with van der Waals surface area (Å²) in [5.74, 6) is -0.267. The van der Waals surface area contributed by atoms with Gasteiger partial charge in [0.2, 0.25) is 0 Å². The molecule has 4 heteroatoms. The first-order valence-corrected chi connectivity index (χ1v) is 6.62. The van der Waals surface area contributed by atoms with Crippen molar-refractivity contribution in [3.05, 3.63) is 47.5 Å². The van der Waals surface area contributed by atoms with Crippen LogP contribution in [-0.4, -0.2) is 11.9 Å². The lowest BCUT2D eigenvalue weighted by Gasteiger charge is -2.31. The van der Waals surface area contributed by atoms with Crippen molar-refractivity contribution in [1.29, 1.82) is 0 Å².